The van der Waals surface area contributed by atoms with Crippen LogP contribution in [0.2, 0.25) is 15.1 Å². The van der Waals surface area contributed by atoms with Crippen LogP contribution in [-0.4, -0.2) is 12.5 Å². The monoisotopic (exact) mass is 432 g/mol. The molecule has 4 nitrogen and oxygen atoms in total. The number of nitrogens with zero attached hydrogens (tertiary/aromatic N) is 1. The van der Waals surface area contributed by atoms with E-state index in [0.717, 1.165) is 4.47 Å². The molecule has 2 aromatic carbocycles. The van der Waals surface area contributed by atoms with Crippen LogP contribution in [0.3, 0.4) is 0 Å². The van der Waals surface area contributed by atoms with E-state index >= 15 is 0 Å². The van der Waals surface area contributed by atoms with Crippen molar-refractivity contribution in [2.75, 3.05) is 11.9 Å². The highest BCUT2D eigenvalue weighted by Gasteiger charge is 2.13. The quantitative estimate of drug-likeness (QED) is 0.710. The normalized spacial score (nSPS) is 10.0. The van der Waals surface area contributed by atoms with Gasteiger partial charge in [-0.25, -0.2) is 0 Å². The van der Waals surface area contributed by atoms with Crippen LogP contribution in [0.15, 0.2) is 34.8 Å². The van der Waals surface area contributed by atoms with E-state index in [-0.39, 0.29) is 22.3 Å². The minimum Gasteiger partial charge on any atom is -0.482 e. The van der Waals surface area contributed by atoms with Crippen LogP contribution in [-0.2, 0) is 4.79 Å². The van der Waals surface area contributed by atoms with Gasteiger partial charge in [-0.15, -0.1) is 0 Å². The first-order chi connectivity index (χ1) is 10.9. The van der Waals surface area contributed by atoms with Crippen molar-refractivity contribution in [2.45, 2.75) is 0 Å². The summed E-state index contributed by atoms with van der Waals surface area (Å²) in [5.74, 6) is -0.165. The minimum atomic E-state index is -0.470. The molecule has 2 rings (SSSR count). The van der Waals surface area contributed by atoms with E-state index in [2.05, 4.69) is 21.2 Å². The van der Waals surface area contributed by atoms with Gasteiger partial charge >= 0.3 is 0 Å². The van der Waals surface area contributed by atoms with Crippen molar-refractivity contribution in [3.63, 3.8) is 0 Å². The van der Waals surface area contributed by atoms with Crippen LogP contribution in [0, 0.1) is 11.3 Å². The van der Waals surface area contributed by atoms with Gasteiger partial charge in [0, 0.05) is 9.50 Å². The number of hydrogen-bond acceptors (Lipinski definition) is 3. The first-order valence-electron chi connectivity index (χ1n) is 6.17. The molecule has 0 saturated carbocycles. The van der Waals surface area contributed by atoms with Crippen molar-refractivity contribution in [3.8, 4) is 11.8 Å². The molecule has 118 valence electrons. The topological polar surface area (TPSA) is 62.1 Å². The molecular formula is C15H8BrCl3N2O2. The molecule has 8 heteroatoms. The number of benzene rings is 2. The zero-order valence-corrected chi connectivity index (χ0v) is 15.2. The summed E-state index contributed by atoms with van der Waals surface area (Å²) in [7, 11) is 0. The Morgan fingerprint density at radius 3 is 2.48 bits per heavy atom. The number of rotatable bonds is 4. The second-order valence-corrected chi connectivity index (χ2v) is 6.50. The summed E-state index contributed by atoms with van der Waals surface area (Å²) in [6.07, 6.45) is 0. The van der Waals surface area contributed by atoms with Gasteiger partial charge in [-0.1, -0.05) is 50.7 Å². The summed E-state index contributed by atoms with van der Waals surface area (Å²) in [6, 6.07) is 9.83. The molecule has 0 heterocycles. The largest absolute Gasteiger partial charge is 0.482 e. The molecule has 23 heavy (non-hydrogen) atoms. The lowest BCUT2D eigenvalue weighted by atomic mass is 10.2. The van der Waals surface area contributed by atoms with E-state index < -0.39 is 5.91 Å². The van der Waals surface area contributed by atoms with Crippen LogP contribution in [0.5, 0.6) is 5.75 Å². The lowest BCUT2D eigenvalue weighted by molar-refractivity contribution is -0.118. The third-order valence-corrected chi connectivity index (χ3v) is 4.00. The number of ether oxygens (including phenoxy) is 1. The SMILES string of the molecule is N#Cc1cc(Br)ccc1OCC(=O)Nc1c(Cl)cc(Cl)cc1Cl. The second-order valence-electron chi connectivity index (χ2n) is 4.33. The number of carbonyl (C=O) groups excluding carboxylic acids is 1. The predicted octanol–water partition coefficient (Wildman–Crippen LogP) is 5.30. The van der Waals surface area contributed by atoms with E-state index in [1.54, 1.807) is 18.2 Å². The van der Waals surface area contributed by atoms with Crippen LogP contribution in [0.1, 0.15) is 5.56 Å². The molecule has 0 aliphatic heterocycles. The fourth-order valence-corrected chi connectivity index (χ4v) is 2.97. The summed E-state index contributed by atoms with van der Waals surface area (Å²) in [4.78, 5) is 12.0. The molecule has 1 amide bonds. The maximum atomic E-state index is 12.0. The molecule has 1 N–H and O–H groups in total. The molecule has 0 atom stereocenters. The number of carbonyl (C=O) groups is 1. The number of nitriles is 1. The summed E-state index contributed by atoms with van der Waals surface area (Å²) in [6.45, 7) is -0.300. The molecule has 0 radical (unpaired) electrons. The lowest BCUT2D eigenvalue weighted by Crippen LogP contribution is -2.20. The van der Waals surface area contributed by atoms with E-state index in [9.17, 15) is 4.79 Å². The number of nitrogens with one attached hydrogen (secondary N) is 1. The molecule has 0 fully saturated rings. The Morgan fingerprint density at radius 2 is 1.87 bits per heavy atom. The summed E-state index contributed by atoms with van der Waals surface area (Å²) < 4.78 is 6.09. The van der Waals surface area contributed by atoms with E-state index in [1.807, 2.05) is 6.07 Å². The number of amides is 1. The van der Waals surface area contributed by atoms with Crippen LogP contribution >= 0.6 is 50.7 Å². The van der Waals surface area contributed by atoms with Crippen molar-refractivity contribution >= 4 is 62.3 Å². The van der Waals surface area contributed by atoms with Gasteiger partial charge in [-0.2, -0.15) is 5.26 Å². The Balaban J connectivity index is 2.06. The zero-order valence-electron chi connectivity index (χ0n) is 11.4. The van der Waals surface area contributed by atoms with Gasteiger partial charge in [-0.3, -0.25) is 4.79 Å². The Kier molecular flexibility index (Phi) is 6.14. The van der Waals surface area contributed by atoms with E-state index in [1.165, 1.54) is 12.1 Å². The third kappa shape index (κ3) is 4.76. The van der Waals surface area contributed by atoms with Crippen molar-refractivity contribution in [1.29, 1.82) is 5.26 Å². The Hall–Kier alpha value is -1.45. The molecule has 0 saturated heterocycles. The molecule has 0 spiro atoms. The standard InChI is InChI=1S/C15H8BrCl3N2O2/c16-9-1-2-13(8(3-9)6-20)23-7-14(22)21-15-11(18)4-10(17)5-12(15)19/h1-5H,7H2,(H,21,22). The molecule has 0 bridgehead atoms. The number of halogens is 4. The van der Waals surface area contributed by atoms with Crippen molar-refractivity contribution in [3.05, 3.63) is 55.4 Å². The lowest BCUT2D eigenvalue weighted by Gasteiger charge is -2.11. The highest BCUT2D eigenvalue weighted by molar-refractivity contribution is 9.10. The predicted molar refractivity (Wildman–Crippen MR) is 94.5 cm³/mol. The van der Waals surface area contributed by atoms with Gasteiger partial charge in [0.2, 0.25) is 0 Å². The van der Waals surface area contributed by atoms with Crippen LogP contribution in [0.4, 0.5) is 5.69 Å². The molecular weight excluding hydrogens is 426 g/mol. The van der Waals surface area contributed by atoms with Gasteiger partial charge in [0.05, 0.1) is 21.3 Å². The summed E-state index contributed by atoms with van der Waals surface area (Å²) in [5.41, 5.74) is 0.567. The van der Waals surface area contributed by atoms with Crippen molar-refractivity contribution < 1.29 is 9.53 Å². The average Bonchev–Trinajstić information content (AvgIpc) is 2.49. The fraction of sp³-hybridized carbons (Fsp3) is 0.0667. The van der Waals surface area contributed by atoms with Crippen LogP contribution in [0.25, 0.3) is 0 Å². The second kappa shape index (κ2) is 7.89. The summed E-state index contributed by atoms with van der Waals surface area (Å²) in [5, 5.41) is 12.4. The number of anilines is 1. The minimum absolute atomic E-state index is 0.220. The maximum absolute atomic E-state index is 12.0. The number of hydrogen-bond donors (Lipinski definition) is 1. The van der Waals surface area contributed by atoms with Gasteiger partial charge in [0.25, 0.3) is 5.91 Å². The van der Waals surface area contributed by atoms with Gasteiger partial charge < -0.3 is 10.1 Å². The molecule has 0 aliphatic rings. The first-order valence-corrected chi connectivity index (χ1v) is 8.10. The third-order valence-electron chi connectivity index (χ3n) is 2.69. The van der Waals surface area contributed by atoms with Gasteiger partial charge in [-0.05, 0) is 30.3 Å². The van der Waals surface area contributed by atoms with E-state index in [0.29, 0.717) is 16.3 Å². The maximum Gasteiger partial charge on any atom is 0.262 e. The zero-order chi connectivity index (χ0) is 17.0. The Morgan fingerprint density at radius 1 is 1.22 bits per heavy atom. The molecule has 0 aliphatic carbocycles. The van der Waals surface area contributed by atoms with E-state index in [4.69, 9.17) is 44.8 Å². The van der Waals surface area contributed by atoms with Crippen molar-refractivity contribution in [2.24, 2.45) is 0 Å². The van der Waals surface area contributed by atoms with Gasteiger partial charge in [0.15, 0.2) is 6.61 Å². The fourth-order valence-electron chi connectivity index (χ4n) is 1.70. The highest BCUT2D eigenvalue weighted by Crippen LogP contribution is 2.33. The molecule has 0 unspecified atom stereocenters. The smallest absolute Gasteiger partial charge is 0.262 e. The molecule has 0 aromatic heterocycles. The summed E-state index contributed by atoms with van der Waals surface area (Å²) >= 11 is 21.0. The molecule has 2 aromatic rings. The Labute approximate surface area is 156 Å². The Bertz CT molecular complexity index is 783. The van der Waals surface area contributed by atoms with Gasteiger partial charge in [0.1, 0.15) is 11.8 Å². The average molecular weight is 435 g/mol. The highest BCUT2D eigenvalue weighted by atomic mass is 79.9. The van der Waals surface area contributed by atoms with Crippen LogP contribution < -0.4 is 10.1 Å². The van der Waals surface area contributed by atoms with Crippen molar-refractivity contribution in [1.82, 2.24) is 0 Å². The first kappa shape index (κ1) is 17.9.